The molecule has 5 heteroatoms. The van der Waals surface area contributed by atoms with Crippen molar-refractivity contribution in [1.82, 2.24) is 9.97 Å². The van der Waals surface area contributed by atoms with Crippen molar-refractivity contribution in [3.63, 3.8) is 0 Å². The van der Waals surface area contributed by atoms with Gasteiger partial charge in [0, 0.05) is 24.2 Å². The quantitative estimate of drug-likeness (QED) is 0.707. The van der Waals surface area contributed by atoms with E-state index in [-0.39, 0.29) is 0 Å². The third kappa shape index (κ3) is 4.44. The first-order valence-corrected chi connectivity index (χ1v) is 7.76. The van der Waals surface area contributed by atoms with Crippen molar-refractivity contribution in [2.75, 3.05) is 10.6 Å². The monoisotopic (exact) mass is 324 g/mol. The van der Waals surface area contributed by atoms with Crippen LogP contribution in [0.5, 0.6) is 0 Å². The molecule has 2 aromatic carbocycles. The van der Waals surface area contributed by atoms with E-state index in [9.17, 15) is 0 Å². The number of nitrogens with one attached hydrogen (secondary N) is 2. The molecule has 23 heavy (non-hydrogen) atoms. The van der Waals surface area contributed by atoms with Crippen LogP contribution in [0.1, 0.15) is 11.1 Å². The van der Waals surface area contributed by atoms with E-state index in [1.807, 2.05) is 48.5 Å². The predicted octanol–water partition coefficient (Wildman–Crippen LogP) is 4.35. The maximum absolute atomic E-state index is 6.15. The van der Waals surface area contributed by atoms with Gasteiger partial charge in [-0.05, 0) is 17.2 Å². The van der Waals surface area contributed by atoms with E-state index in [1.165, 1.54) is 5.56 Å². The van der Waals surface area contributed by atoms with E-state index in [4.69, 9.17) is 11.6 Å². The van der Waals surface area contributed by atoms with Gasteiger partial charge in [-0.1, -0.05) is 60.1 Å². The molecule has 0 fully saturated rings. The van der Waals surface area contributed by atoms with Gasteiger partial charge in [-0.15, -0.1) is 0 Å². The van der Waals surface area contributed by atoms with Crippen molar-refractivity contribution < 1.29 is 0 Å². The molecule has 0 spiro atoms. The molecule has 0 aliphatic carbocycles. The standard InChI is InChI=1S/C18H17ClN4/c19-16-9-5-4-8-15(16)12-21-18-10-17(22-13-23-18)20-11-14-6-2-1-3-7-14/h1-10,13H,11-12H2,(H2,20,21,22,23). The van der Waals surface area contributed by atoms with Crippen molar-refractivity contribution in [3.8, 4) is 0 Å². The highest BCUT2D eigenvalue weighted by Crippen LogP contribution is 2.17. The molecule has 2 N–H and O–H groups in total. The van der Waals surface area contributed by atoms with Crippen LogP contribution in [0.3, 0.4) is 0 Å². The van der Waals surface area contributed by atoms with Gasteiger partial charge in [0.05, 0.1) is 0 Å². The Morgan fingerprint density at radius 2 is 1.43 bits per heavy atom. The van der Waals surface area contributed by atoms with Crippen LogP contribution >= 0.6 is 11.6 Å². The van der Waals surface area contributed by atoms with Gasteiger partial charge in [0.25, 0.3) is 0 Å². The number of benzene rings is 2. The molecular formula is C18H17ClN4. The van der Waals surface area contributed by atoms with Crippen LogP contribution in [0.4, 0.5) is 11.6 Å². The number of nitrogens with zero attached hydrogens (tertiary/aromatic N) is 2. The summed E-state index contributed by atoms with van der Waals surface area (Å²) in [5, 5.41) is 7.31. The molecule has 0 bridgehead atoms. The number of halogens is 1. The van der Waals surface area contributed by atoms with Crippen molar-refractivity contribution in [2.45, 2.75) is 13.1 Å². The molecule has 4 nitrogen and oxygen atoms in total. The average molecular weight is 325 g/mol. The highest BCUT2D eigenvalue weighted by atomic mass is 35.5. The Balaban J connectivity index is 1.60. The lowest BCUT2D eigenvalue weighted by Gasteiger charge is -2.09. The Hall–Kier alpha value is -2.59. The summed E-state index contributed by atoms with van der Waals surface area (Å²) in [5.74, 6) is 1.54. The number of hydrogen-bond donors (Lipinski definition) is 2. The lowest BCUT2D eigenvalue weighted by atomic mass is 10.2. The maximum atomic E-state index is 6.15. The molecule has 0 saturated carbocycles. The van der Waals surface area contributed by atoms with E-state index in [1.54, 1.807) is 6.33 Å². The Morgan fingerprint density at radius 1 is 0.783 bits per heavy atom. The molecule has 1 heterocycles. The summed E-state index contributed by atoms with van der Waals surface area (Å²) in [6, 6.07) is 19.8. The molecule has 3 rings (SSSR count). The van der Waals surface area contributed by atoms with Crippen molar-refractivity contribution in [3.05, 3.63) is 83.1 Å². The molecule has 0 aliphatic rings. The molecule has 0 amide bonds. The predicted molar refractivity (Wildman–Crippen MR) is 94.6 cm³/mol. The van der Waals surface area contributed by atoms with Gasteiger partial charge in [0.2, 0.25) is 0 Å². The van der Waals surface area contributed by atoms with E-state index >= 15 is 0 Å². The Morgan fingerprint density at radius 3 is 2.17 bits per heavy atom. The summed E-state index contributed by atoms with van der Waals surface area (Å²) in [6.07, 6.45) is 1.54. The number of aromatic nitrogens is 2. The fourth-order valence-electron chi connectivity index (χ4n) is 2.17. The third-order valence-corrected chi connectivity index (χ3v) is 3.77. The summed E-state index contributed by atoms with van der Waals surface area (Å²) >= 11 is 6.15. The molecule has 0 radical (unpaired) electrons. The maximum Gasteiger partial charge on any atom is 0.131 e. The zero-order chi connectivity index (χ0) is 15.9. The summed E-state index contributed by atoms with van der Waals surface area (Å²) in [6.45, 7) is 1.34. The Labute approximate surface area is 140 Å². The summed E-state index contributed by atoms with van der Waals surface area (Å²) < 4.78 is 0. The molecule has 116 valence electrons. The smallest absolute Gasteiger partial charge is 0.131 e. The fourth-order valence-corrected chi connectivity index (χ4v) is 2.37. The highest BCUT2D eigenvalue weighted by molar-refractivity contribution is 6.31. The lowest BCUT2D eigenvalue weighted by molar-refractivity contribution is 1.05. The minimum Gasteiger partial charge on any atom is -0.366 e. The van der Waals surface area contributed by atoms with Gasteiger partial charge in [-0.2, -0.15) is 0 Å². The summed E-state index contributed by atoms with van der Waals surface area (Å²) in [5.41, 5.74) is 2.24. The first kappa shape index (κ1) is 15.3. The third-order valence-electron chi connectivity index (χ3n) is 3.40. The van der Waals surface area contributed by atoms with E-state index in [2.05, 4.69) is 32.7 Å². The first-order chi connectivity index (χ1) is 11.3. The first-order valence-electron chi connectivity index (χ1n) is 7.38. The Bertz CT molecular complexity index is 762. The largest absolute Gasteiger partial charge is 0.366 e. The van der Waals surface area contributed by atoms with Crippen LogP contribution in [0, 0.1) is 0 Å². The molecule has 0 aliphatic heterocycles. The second-order valence-corrected chi connectivity index (χ2v) is 5.48. The number of anilines is 2. The number of hydrogen-bond acceptors (Lipinski definition) is 4. The van der Waals surface area contributed by atoms with Gasteiger partial charge >= 0.3 is 0 Å². The van der Waals surface area contributed by atoms with Gasteiger partial charge in [0.15, 0.2) is 0 Å². The zero-order valence-electron chi connectivity index (χ0n) is 12.5. The second kappa shape index (κ2) is 7.61. The van der Waals surface area contributed by atoms with Crippen LogP contribution in [0.15, 0.2) is 67.0 Å². The SMILES string of the molecule is Clc1ccccc1CNc1cc(NCc2ccccc2)ncn1. The molecule has 1 aromatic heterocycles. The lowest BCUT2D eigenvalue weighted by Crippen LogP contribution is -2.05. The van der Waals surface area contributed by atoms with Crippen molar-refractivity contribution >= 4 is 23.2 Å². The molecular weight excluding hydrogens is 308 g/mol. The van der Waals surface area contributed by atoms with Gasteiger partial charge in [-0.25, -0.2) is 9.97 Å². The second-order valence-electron chi connectivity index (χ2n) is 5.07. The average Bonchev–Trinajstić information content (AvgIpc) is 2.61. The molecule has 3 aromatic rings. The Kier molecular flexibility index (Phi) is 5.06. The van der Waals surface area contributed by atoms with E-state index < -0.39 is 0 Å². The normalized spacial score (nSPS) is 10.3. The topological polar surface area (TPSA) is 49.8 Å². The van der Waals surface area contributed by atoms with Crippen LogP contribution in [-0.2, 0) is 13.1 Å². The van der Waals surface area contributed by atoms with E-state index in [0.29, 0.717) is 6.54 Å². The molecule has 0 saturated heterocycles. The highest BCUT2D eigenvalue weighted by Gasteiger charge is 2.01. The minimum absolute atomic E-state index is 0.620. The van der Waals surface area contributed by atoms with Gasteiger partial charge in [0.1, 0.15) is 18.0 Å². The summed E-state index contributed by atoms with van der Waals surface area (Å²) in [7, 11) is 0. The molecule has 0 atom stereocenters. The van der Waals surface area contributed by atoms with Crippen LogP contribution in [-0.4, -0.2) is 9.97 Å². The van der Waals surface area contributed by atoms with E-state index in [0.717, 1.165) is 28.8 Å². The van der Waals surface area contributed by atoms with Crippen LogP contribution in [0.2, 0.25) is 5.02 Å². The zero-order valence-corrected chi connectivity index (χ0v) is 13.3. The van der Waals surface area contributed by atoms with Crippen LogP contribution in [0.25, 0.3) is 0 Å². The molecule has 0 unspecified atom stereocenters. The van der Waals surface area contributed by atoms with Gasteiger partial charge < -0.3 is 10.6 Å². The minimum atomic E-state index is 0.620. The fraction of sp³-hybridized carbons (Fsp3) is 0.111. The van der Waals surface area contributed by atoms with Gasteiger partial charge in [-0.3, -0.25) is 0 Å². The van der Waals surface area contributed by atoms with Crippen molar-refractivity contribution in [1.29, 1.82) is 0 Å². The van der Waals surface area contributed by atoms with Crippen LogP contribution < -0.4 is 10.6 Å². The summed E-state index contributed by atoms with van der Waals surface area (Å²) in [4.78, 5) is 8.47. The van der Waals surface area contributed by atoms with Crippen molar-refractivity contribution in [2.24, 2.45) is 0 Å². The number of rotatable bonds is 6.